The van der Waals surface area contributed by atoms with Crippen molar-refractivity contribution in [2.45, 2.75) is 51.5 Å². The van der Waals surface area contributed by atoms with Gasteiger partial charge in [-0.2, -0.15) is 0 Å². The van der Waals surface area contributed by atoms with Crippen LogP contribution in [0.4, 0.5) is 0 Å². The number of alkyl halides is 1. The average molecular weight is 241 g/mol. The molecule has 2 nitrogen and oxygen atoms in total. The first-order valence-corrected chi connectivity index (χ1v) is 6.92. The van der Waals surface area contributed by atoms with Gasteiger partial charge < -0.3 is 4.57 Å². The zero-order valence-electron chi connectivity index (χ0n) is 10.0. The smallest absolute Gasteiger partial charge is 0.0948 e. The van der Waals surface area contributed by atoms with Crippen molar-refractivity contribution < 1.29 is 0 Å². The zero-order chi connectivity index (χ0) is 11.4. The molecule has 16 heavy (non-hydrogen) atoms. The van der Waals surface area contributed by atoms with E-state index in [1.807, 2.05) is 12.5 Å². The number of aromatic nitrogens is 2. The monoisotopic (exact) mass is 240 g/mol. The highest BCUT2D eigenvalue weighted by molar-refractivity contribution is 6.16. The minimum Gasteiger partial charge on any atom is -0.333 e. The van der Waals surface area contributed by atoms with E-state index in [0.29, 0.717) is 5.88 Å². The van der Waals surface area contributed by atoms with Crippen LogP contribution in [0.5, 0.6) is 0 Å². The van der Waals surface area contributed by atoms with Crippen LogP contribution in [-0.4, -0.2) is 9.55 Å². The van der Waals surface area contributed by atoms with Crippen LogP contribution in [0.15, 0.2) is 12.5 Å². The van der Waals surface area contributed by atoms with E-state index >= 15 is 0 Å². The summed E-state index contributed by atoms with van der Waals surface area (Å²) in [6, 6.07) is 0. The highest BCUT2D eigenvalue weighted by Crippen LogP contribution is 2.31. The van der Waals surface area contributed by atoms with E-state index in [9.17, 15) is 0 Å². The summed E-state index contributed by atoms with van der Waals surface area (Å²) >= 11 is 5.88. The Bertz CT molecular complexity index is 313. The normalized spacial score (nSPS) is 25.9. The molecule has 1 fully saturated rings. The van der Waals surface area contributed by atoms with Crippen molar-refractivity contribution >= 4 is 11.6 Å². The molecule has 1 aromatic rings. The van der Waals surface area contributed by atoms with Gasteiger partial charge >= 0.3 is 0 Å². The molecule has 0 aromatic carbocycles. The zero-order valence-corrected chi connectivity index (χ0v) is 10.8. The van der Waals surface area contributed by atoms with Gasteiger partial charge in [-0.15, -0.1) is 11.6 Å². The standard InChI is InChI=1S/C13H21ClN2/c1-2-11-3-5-12(6-4-11)9-16-10-15-8-13(16)7-14/h8,10-12H,2-7,9H2,1H3. The van der Waals surface area contributed by atoms with Crippen LogP contribution in [0.25, 0.3) is 0 Å². The third-order valence-corrected chi connectivity index (χ3v) is 4.21. The molecule has 0 bridgehead atoms. The Kier molecular flexibility index (Phi) is 4.28. The molecule has 90 valence electrons. The molecule has 1 heterocycles. The predicted octanol–water partition coefficient (Wildman–Crippen LogP) is 3.84. The molecule has 1 saturated carbocycles. The van der Waals surface area contributed by atoms with E-state index in [2.05, 4.69) is 16.5 Å². The fraction of sp³-hybridized carbons (Fsp3) is 0.769. The highest BCUT2D eigenvalue weighted by Gasteiger charge is 2.20. The molecule has 0 radical (unpaired) electrons. The van der Waals surface area contributed by atoms with Gasteiger partial charge in [0, 0.05) is 12.7 Å². The average Bonchev–Trinajstić information content (AvgIpc) is 2.77. The van der Waals surface area contributed by atoms with Gasteiger partial charge in [-0.05, 0) is 24.7 Å². The summed E-state index contributed by atoms with van der Waals surface area (Å²) in [5.41, 5.74) is 1.15. The molecule has 1 aromatic heterocycles. The van der Waals surface area contributed by atoms with Gasteiger partial charge in [0.25, 0.3) is 0 Å². The molecule has 0 aliphatic heterocycles. The van der Waals surface area contributed by atoms with Gasteiger partial charge in [-0.3, -0.25) is 0 Å². The molecule has 3 heteroatoms. The van der Waals surface area contributed by atoms with Gasteiger partial charge in [0.05, 0.1) is 17.9 Å². The van der Waals surface area contributed by atoms with Crippen molar-refractivity contribution in [3.8, 4) is 0 Å². The van der Waals surface area contributed by atoms with E-state index in [0.717, 1.165) is 24.1 Å². The summed E-state index contributed by atoms with van der Waals surface area (Å²) in [5.74, 6) is 2.38. The summed E-state index contributed by atoms with van der Waals surface area (Å²) in [6.07, 6.45) is 10.7. The van der Waals surface area contributed by atoms with E-state index in [1.165, 1.54) is 32.1 Å². The Morgan fingerprint density at radius 3 is 2.62 bits per heavy atom. The van der Waals surface area contributed by atoms with Crippen LogP contribution in [0.2, 0.25) is 0 Å². The second-order valence-corrected chi connectivity index (χ2v) is 5.23. The third-order valence-electron chi connectivity index (χ3n) is 3.93. The van der Waals surface area contributed by atoms with Crippen molar-refractivity contribution in [1.82, 2.24) is 9.55 Å². The van der Waals surface area contributed by atoms with Crippen molar-refractivity contribution in [1.29, 1.82) is 0 Å². The topological polar surface area (TPSA) is 17.8 Å². The molecule has 0 N–H and O–H groups in total. The predicted molar refractivity (Wildman–Crippen MR) is 67.5 cm³/mol. The van der Waals surface area contributed by atoms with Crippen molar-refractivity contribution in [2.24, 2.45) is 11.8 Å². The Morgan fingerprint density at radius 1 is 1.31 bits per heavy atom. The second kappa shape index (κ2) is 5.72. The van der Waals surface area contributed by atoms with Crippen molar-refractivity contribution in [3.63, 3.8) is 0 Å². The van der Waals surface area contributed by atoms with E-state index in [4.69, 9.17) is 11.6 Å². The molecule has 0 spiro atoms. The lowest BCUT2D eigenvalue weighted by Crippen LogP contribution is -2.19. The summed E-state index contributed by atoms with van der Waals surface area (Å²) in [6.45, 7) is 3.42. The first kappa shape index (κ1) is 12.0. The molecule has 0 atom stereocenters. The Balaban J connectivity index is 1.87. The van der Waals surface area contributed by atoms with Crippen LogP contribution >= 0.6 is 11.6 Å². The number of imidazole rings is 1. The van der Waals surface area contributed by atoms with Crippen LogP contribution in [0, 0.1) is 11.8 Å². The van der Waals surface area contributed by atoms with Gasteiger partial charge in [0.2, 0.25) is 0 Å². The van der Waals surface area contributed by atoms with Gasteiger partial charge in [0.15, 0.2) is 0 Å². The van der Waals surface area contributed by atoms with Crippen LogP contribution in [0.1, 0.15) is 44.7 Å². The van der Waals surface area contributed by atoms with Gasteiger partial charge in [-0.1, -0.05) is 26.2 Å². The van der Waals surface area contributed by atoms with Crippen LogP contribution in [-0.2, 0) is 12.4 Å². The maximum atomic E-state index is 5.88. The SMILES string of the molecule is CCC1CCC(Cn2cncc2CCl)CC1. The van der Waals surface area contributed by atoms with E-state index in [1.54, 1.807) is 0 Å². The van der Waals surface area contributed by atoms with Gasteiger partial charge in [-0.25, -0.2) is 4.98 Å². The molecule has 1 aliphatic carbocycles. The second-order valence-electron chi connectivity index (χ2n) is 4.97. The lowest BCUT2D eigenvalue weighted by molar-refractivity contribution is 0.246. The van der Waals surface area contributed by atoms with E-state index in [-0.39, 0.29) is 0 Å². The molecular formula is C13H21ClN2. The first-order chi connectivity index (χ1) is 7.83. The number of hydrogen-bond acceptors (Lipinski definition) is 1. The largest absolute Gasteiger partial charge is 0.333 e. The van der Waals surface area contributed by atoms with Crippen LogP contribution in [0.3, 0.4) is 0 Å². The fourth-order valence-electron chi connectivity index (χ4n) is 2.72. The number of nitrogens with zero attached hydrogens (tertiary/aromatic N) is 2. The highest BCUT2D eigenvalue weighted by atomic mass is 35.5. The quantitative estimate of drug-likeness (QED) is 0.732. The molecule has 0 amide bonds. The minimum absolute atomic E-state index is 0.574. The molecule has 0 unspecified atom stereocenters. The summed E-state index contributed by atoms with van der Waals surface area (Å²) in [5, 5.41) is 0. The first-order valence-electron chi connectivity index (χ1n) is 6.38. The van der Waals surface area contributed by atoms with E-state index < -0.39 is 0 Å². The van der Waals surface area contributed by atoms with Crippen molar-refractivity contribution in [2.75, 3.05) is 0 Å². The Hall–Kier alpha value is -0.500. The molecule has 2 rings (SSSR count). The number of halogens is 1. The fourth-order valence-corrected chi connectivity index (χ4v) is 2.95. The van der Waals surface area contributed by atoms with Crippen molar-refractivity contribution in [3.05, 3.63) is 18.2 Å². The Labute approximate surface area is 103 Å². The maximum absolute atomic E-state index is 5.88. The summed E-state index contributed by atoms with van der Waals surface area (Å²) in [7, 11) is 0. The molecule has 0 saturated heterocycles. The lowest BCUT2D eigenvalue weighted by atomic mass is 9.81. The minimum atomic E-state index is 0.574. The number of rotatable bonds is 4. The number of hydrogen-bond donors (Lipinski definition) is 0. The molecule has 1 aliphatic rings. The van der Waals surface area contributed by atoms with Gasteiger partial charge in [0.1, 0.15) is 0 Å². The summed E-state index contributed by atoms with van der Waals surface area (Å²) in [4.78, 5) is 4.17. The third kappa shape index (κ3) is 2.79. The molecular weight excluding hydrogens is 220 g/mol. The lowest BCUT2D eigenvalue weighted by Gasteiger charge is -2.28. The Morgan fingerprint density at radius 2 is 2.00 bits per heavy atom. The maximum Gasteiger partial charge on any atom is 0.0948 e. The summed E-state index contributed by atoms with van der Waals surface area (Å²) < 4.78 is 2.23. The van der Waals surface area contributed by atoms with Crippen LogP contribution < -0.4 is 0 Å².